The van der Waals surface area contributed by atoms with E-state index in [0.29, 0.717) is 6.04 Å². The van der Waals surface area contributed by atoms with E-state index in [0.717, 1.165) is 32.8 Å². The Balaban J connectivity index is 1.65. The average molecular weight is 265 g/mol. The van der Waals surface area contributed by atoms with Gasteiger partial charge >= 0.3 is 0 Å². The molecule has 0 amide bonds. The molecule has 0 radical (unpaired) electrons. The van der Waals surface area contributed by atoms with Crippen molar-refractivity contribution in [3.05, 3.63) is 18.0 Å². The third-order valence-electron chi connectivity index (χ3n) is 4.02. The molecule has 0 spiro atoms. The van der Waals surface area contributed by atoms with E-state index < -0.39 is 0 Å². The van der Waals surface area contributed by atoms with Crippen LogP contribution in [0.5, 0.6) is 0 Å². The molecule has 1 atom stereocenters. The van der Waals surface area contributed by atoms with Gasteiger partial charge in [-0.15, -0.1) is 0 Å². The van der Waals surface area contributed by atoms with E-state index >= 15 is 0 Å². The summed E-state index contributed by atoms with van der Waals surface area (Å²) in [5.41, 5.74) is 1.28. The number of likely N-dealkylation sites (tertiary alicyclic amines) is 1. The van der Waals surface area contributed by atoms with Crippen LogP contribution < -0.4 is 0 Å². The first-order chi connectivity index (χ1) is 9.36. The molecular formula is C14H23N3O2. The molecule has 0 aliphatic carbocycles. The molecule has 0 unspecified atom stereocenters. The van der Waals surface area contributed by atoms with E-state index in [4.69, 9.17) is 9.47 Å². The van der Waals surface area contributed by atoms with Crippen LogP contribution in [0, 0.1) is 0 Å². The number of aromatic nitrogens is 2. The molecule has 106 valence electrons. The van der Waals surface area contributed by atoms with E-state index in [9.17, 15) is 0 Å². The van der Waals surface area contributed by atoms with Gasteiger partial charge in [-0.3, -0.25) is 9.58 Å². The monoisotopic (exact) mass is 265 g/mol. The lowest BCUT2D eigenvalue weighted by molar-refractivity contribution is -0.111. The average Bonchev–Trinajstić information content (AvgIpc) is 3.10. The van der Waals surface area contributed by atoms with Gasteiger partial charge in [-0.25, -0.2) is 0 Å². The molecule has 5 nitrogen and oxygen atoms in total. The molecule has 3 heterocycles. The molecule has 19 heavy (non-hydrogen) atoms. The molecule has 5 heteroatoms. The van der Waals surface area contributed by atoms with Gasteiger partial charge in [0, 0.05) is 24.8 Å². The van der Waals surface area contributed by atoms with Crippen LogP contribution in [0.25, 0.3) is 0 Å². The number of hydrogen-bond donors (Lipinski definition) is 0. The maximum Gasteiger partial charge on any atom is 0.173 e. The molecule has 2 saturated heterocycles. The highest BCUT2D eigenvalue weighted by molar-refractivity contribution is 5.04. The normalized spacial score (nSPS) is 26.1. The first-order valence-corrected chi connectivity index (χ1v) is 7.35. The van der Waals surface area contributed by atoms with Gasteiger partial charge in [0.15, 0.2) is 6.29 Å². The molecule has 1 aromatic rings. The number of nitrogens with zero attached hydrogens (tertiary/aromatic N) is 3. The van der Waals surface area contributed by atoms with Gasteiger partial charge in [-0.2, -0.15) is 5.10 Å². The lowest BCUT2D eigenvalue weighted by Gasteiger charge is -2.37. The zero-order valence-corrected chi connectivity index (χ0v) is 11.6. The molecule has 2 aliphatic heterocycles. The van der Waals surface area contributed by atoms with Gasteiger partial charge in [0.05, 0.1) is 25.5 Å². The van der Waals surface area contributed by atoms with Crippen molar-refractivity contribution in [2.45, 2.75) is 51.6 Å². The molecule has 3 rings (SSSR count). The van der Waals surface area contributed by atoms with Crippen molar-refractivity contribution >= 4 is 0 Å². The van der Waals surface area contributed by atoms with Crippen molar-refractivity contribution in [1.29, 1.82) is 0 Å². The maximum absolute atomic E-state index is 5.70. The number of aryl methyl sites for hydroxylation is 1. The summed E-state index contributed by atoms with van der Waals surface area (Å²) >= 11 is 0. The van der Waals surface area contributed by atoms with Crippen LogP contribution in [-0.4, -0.2) is 46.8 Å². The highest BCUT2D eigenvalue weighted by Gasteiger charge is 2.33. The molecule has 2 fully saturated rings. The predicted octanol–water partition coefficient (Wildman–Crippen LogP) is 1.63. The Kier molecular flexibility index (Phi) is 4.15. The second-order valence-corrected chi connectivity index (χ2v) is 5.35. The standard InChI is InChI=1S/C14H23N3O2/c1-2-17-11-12(9-15-17)10-16-6-4-3-5-13(16)14-18-7-8-19-14/h9,11,13-14H,2-8,10H2,1H3/t13-/m1/s1. The summed E-state index contributed by atoms with van der Waals surface area (Å²) in [5.74, 6) is 0. The topological polar surface area (TPSA) is 39.5 Å². The zero-order chi connectivity index (χ0) is 13.1. The minimum Gasteiger partial charge on any atom is -0.349 e. The van der Waals surface area contributed by atoms with Crippen molar-refractivity contribution in [2.24, 2.45) is 0 Å². The van der Waals surface area contributed by atoms with Gasteiger partial charge in [-0.05, 0) is 26.3 Å². The third kappa shape index (κ3) is 2.99. The van der Waals surface area contributed by atoms with Crippen molar-refractivity contribution in [3.63, 3.8) is 0 Å². The smallest absolute Gasteiger partial charge is 0.173 e. The van der Waals surface area contributed by atoms with Crippen LogP contribution in [-0.2, 0) is 22.6 Å². The molecule has 0 bridgehead atoms. The van der Waals surface area contributed by atoms with Crippen LogP contribution >= 0.6 is 0 Å². The Bertz CT molecular complexity index is 401. The Morgan fingerprint density at radius 2 is 2.16 bits per heavy atom. The van der Waals surface area contributed by atoms with Crippen molar-refractivity contribution in [1.82, 2.24) is 14.7 Å². The number of rotatable bonds is 4. The molecular weight excluding hydrogens is 242 g/mol. The van der Waals surface area contributed by atoms with Crippen LogP contribution in [0.4, 0.5) is 0 Å². The van der Waals surface area contributed by atoms with E-state index in [2.05, 4.69) is 23.1 Å². The first kappa shape index (κ1) is 13.1. The first-order valence-electron chi connectivity index (χ1n) is 7.35. The van der Waals surface area contributed by atoms with Gasteiger partial charge in [-0.1, -0.05) is 6.42 Å². The predicted molar refractivity (Wildman–Crippen MR) is 71.6 cm³/mol. The third-order valence-corrected chi connectivity index (χ3v) is 4.02. The second kappa shape index (κ2) is 6.03. The lowest BCUT2D eigenvalue weighted by atomic mass is 10.0. The number of hydrogen-bond acceptors (Lipinski definition) is 4. The van der Waals surface area contributed by atoms with Gasteiger partial charge in [0.25, 0.3) is 0 Å². The van der Waals surface area contributed by atoms with Crippen LogP contribution in [0.3, 0.4) is 0 Å². The molecule has 2 aliphatic rings. The van der Waals surface area contributed by atoms with E-state index in [1.54, 1.807) is 0 Å². The van der Waals surface area contributed by atoms with Gasteiger partial charge in [0.1, 0.15) is 0 Å². The van der Waals surface area contributed by atoms with E-state index in [1.165, 1.54) is 24.8 Å². The van der Waals surface area contributed by atoms with Gasteiger partial charge < -0.3 is 9.47 Å². The SMILES string of the molecule is CCn1cc(CN2CCCC[C@@H]2C2OCCO2)cn1. The Morgan fingerprint density at radius 3 is 2.89 bits per heavy atom. The Hall–Kier alpha value is -0.910. The molecule has 0 N–H and O–H groups in total. The van der Waals surface area contributed by atoms with Crippen LogP contribution in [0.15, 0.2) is 12.4 Å². The summed E-state index contributed by atoms with van der Waals surface area (Å²) in [6, 6.07) is 0.404. The summed E-state index contributed by atoms with van der Waals surface area (Å²) in [6.07, 6.45) is 7.81. The van der Waals surface area contributed by atoms with Crippen molar-refractivity contribution in [2.75, 3.05) is 19.8 Å². The Morgan fingerprint density at radius 1 is 1.32 bits per heavy atom. The fourth-order valence-corrected chi connectivity index (χ4v) is 3.02. The molecule has 0 aromatic carbocycles. The summed E-state index contributed by atoms with van der Waals surface area (Å²) in [7, 11) is 0. The molecule has 0 saturated carbocycles. The lowest BCUT2D eigenvalue weighted by Crippen LogP contribution is -2.46. The van der Waals surface area contributed by atoms with E-state index in [-0.39, 0.29) is 6.29 Å². The highest BCUT2D eigenvalue weighted by Crippen LogP contribution is 2.25. The second-order valence-electron chi connectivity index (χ2n) is 5.35. The molecule has 1 aromatic heterocycles. The fourth-order valence-electron chi connectivity index (χ4n) is 3.02. The maximum atomic E-state index is 5.70. The van der Waals surface area contributed by atoms with Crippen molar-refractivity contribution < 1.29 is 9.47 Å². The summed E-state index contributed by atoms with van der Waals surface area (Å²) in [4.78, 5) is 2.50. The van der Waals surface area contributed by atoms with Crippen molar-refractivity contribution in [3.8, 4) is 0 Å². The zero-order valence-electron chi connectivity index (χ0n) is 11.6. The van der Waals surface area contributed by atoms with Gasteiger partial charge in [0.2, 0.25) is 0 Å². The number of ether oxygens (including phenoxy) is 2. The Labute approximate surface area is 114 Å². The largest absolute Gasteiger partial charge is 0.349 e. The summed E-state index contributed by atoms with van der Waals surface area (Å²) < 4.78 is 13.4. The summed E-state index contributed by atoms with van der Waals surface area (Å²) in [6.45, 7) is 6.60. The van der Waals surface area contributed by atoms with Crippen LogP contribution in [0.1, 0.15) is 31.7 Å². The highest BCUT2D eigenvalue weighted by atomic mass is 16.7. The van der Waals surface area contributed by atoms with E-state index in [1.807, 2.05) is 10.9 Å². The minimum atomic E-state index is -0.0264. The van der Waals surface area contributed by atoms with Crippen LogP contribution in [0.2, 0.25) is 0 Å². The fraction of sp³-hybridized carbons (Fsp3) is 0.786. The number of piperidine rings is 1. The summed E-state index contributed by atoms with van der Waals surface area (Å²) in [5, 5.41) is 4.35. The minimum absolute atomic E-state index is 0.0264. The quantitative estimate of drug-likeness (QED) is 0.829.